The monoisotopic (exact) mass is 500 g/mol. The summed E-state index contributed by atoms with van der Waals surface area (Å²) in [5.41, 5.74) is 1.33. The molecule has 1 fully saturated rings. The van der Waals surface area contributed by atoms with Gasteiger partial charge in [0.2, 0.25) is 0 Å². The fourth-order valence-corrected chi connectivity index (χ4v) is 5.02. The van der Waals surface area contributed by atoms with Gasteiger partial charge in [0.15, 0.2) is 0 Å². The van der Waals surface area contributed by atoms with Gasteiger partial charge >= 0.3 is 6.03 Å². The third-order valence-corrected chi connectivity index (χ3v) is 6.96. The maximum Gasteiger partial charge on any atom is 0.319 e. The lowest BCUT2D eigenvalue weighted by Crippen LogP contribution is -2.39. The molecule has 1 aromatic heterocycles. The Morgan fingerprint density at radius 1 is 1.06 bits per heavy atom. The number of nitrogens with zero attached hydrogens (tertiary/aromatic N) is 1. The minimum absolute atomic E-state index is 0.202. The predicted molar refractivity (Wildman–Crippen MR) is 134 cm³/mol. The molecule has 2 heterocycles. The van der Waals surface area contributed by atoms with E-state index >= 15 is 0 Å². The summed E-state index contributed by atoms with van der Waals surface area (Å²) in [4.78, 5) is 28.3. The van der Waals surface area contributed by atoms with E-state index in [1.54, 1.807) is 47.7 Å². The van der Waals surface area contributed by atoms with Crippen LogP contribution in [0.2, 0.25) is 5.02 Å². The quantitative estimate of drug-likeness (QED) is 0.386. The Balaban J connectivity index is 1.37. The molecule has 1 unspecified atom stereocenters. The van der Waals surface area contributed by atoms with Gasteiger partial charge in [-0.3, -0.25) is 9.69 Å². The molecular formula is C25H26ClFN4O2S. The van der Waals surface area contributed by atoms with E-state index < -0.39 is 6.03 Å². The number of thiophene rings is 1. The molecule has 9 heteroatoms. The molecule has 2 aromatic carbocycles. The number of amides is 3. The molecule has 0 spiro atoms. The Kier molecular flexibility index (Phi) is 8.16. The fraction of sp³-hybridized carbons (Fsp3) is 0.280. The van der Waals surface area contributed by atoms with Crippen molar-refractivity contribution in [2.24, 2.45) is 0 Å². The molecule has 1 saturated heterocycles. The third kappa shape index (κ3) is 6.14. The van der Waals surface area contributed by atoms with Crippen molar-refractivity contribution in [3.63, 3.8) is 0 Å². The van der Waals surface area contributed by atoms with Crippen molar-refractivity contribution in [3.05, 3.63) is 86.8 Å². The van der Waals surface area contributed by atoms with Crippen LogP contribution < -0.4 is 16.0 Å². The van der Waals surface area contributed by atoms with Gasteiger partial charge in [-0.05, 0) is 67.7 Å². The van der Waals surface area contributed by atoms with Crippen molar-refractivity contribution in [2.75, 3.05) is 25.0 Å². The Hall–Kier alpha value is -2.94. The molecule has 1 aliphatic heterocycles. The smallest absolute Gasteiger partial charge is 0.319 e. The van der Waals surface area contributed by atoms with Gasteiger partial charge in [-0.25, -0.2) is 9.18 Å². The van der Waals surface area contributed by atoms with Crippen molar-refractivity contribution in [1.82, 2.24) is 15.5 Å². The highest BCUT2D eigenvalue weighted by molar-refractivity contribution is 7.09. The summed E-state index contributed by atoms with van der Waals surface area (Å²) in [7, 11) is 0. The Labute approximate surface area is 207 Å². The zero-order valence-electron chi connectivity index (χ0n) is 18.5. The first-order valence-electron chi connectivity index (χ1n) is 11.1. The van der Waals surface area contributed by atoms with E-state index in [0.717, 1.165) is 30.8 Å². The van der Waals surface area contributed by atoms with E-state index in [1.807, 2.05) is 17.5 Å². The minimum Gasteiger partial charge on any atom is -0.347 e. The molecule has 1 aliphatic rings. The molecule has 6 nitrogen and oxygen atoms in total. The van der Waals surface area contributed by atoms with Crippen LogP contribution in [0, 0.1) is 5.82 Å². The van der Waals surface area contributed by atoms with Crippen molar-refractivity contribution in [2.45, 2.75) is 25.4 Å². The van der Waals surface area contributed by atoms with Gasteiger partial charge < -0.3 is 16.0 Å². The lowest BCUT2D eigenvalue weighted by molar-refractivity contribution is 0.0951. The maximum atomic E-state index is 14.6. The van der Waals surface area contributed by atoms with Crippen LogP contribution in [-0.4, -0.2) is 36.5 Å². The highest BCUT2D eigenvalue weighted by atomic mass is 35.5. The average Bonchev–Trinajstić information content (AvgIpc) is 3.54. The van der Waals surface area contributed by atoms with E-state index in [4.69, 9.17) is 11.6 Å². The van der Waals surface area contributed by atoms with Gasteiger partial charge in [0.05, 0.1) is 12.6 Å². The topological polar surface area (TPSA) is 73.5 Å². The molecule has 3 aromatic rings. The van der Waals surface area contributed by atoms with Gasteiger partial charge in [0.1, 0.15) is 5.82 Å². The van der Waals surface area contributed by atoms with Crippen LogP contribution in [0.1, 0.15) is 39.7 Å². The van der Waals surface area contributed by atoms with E-state index in [-0.39, 0.29) is 24.3 Å². The van der Waals surface area contributed by atoms with Gasteiger partial charge in [-0.2, -0.15) is 0 Å². The molecule has 178 valence electrons. The summed E-state index contributed by atoms with van der Waals surface area (Å²) in [5.74, 6) is -0.603. The third-order valence-electron chi connectivity index (χ3n) is 5.76. The largest absolute Gasteiger partial charge is 0.347 e. The van der Waals surface area contributed by atoms with Gasteiger partial charge in [-0.15, -0.1) is 11.3 Å². The number of carbonyl (C=O) groups is 2. The van der Waals surface area contributed by atoms with E-state index in [2.05, 4.69) is 20.9 Å². The number of urea groups is 1. The normalized spacial score (nSPS) is 14.5. The van der Waals surface area contributed by atoms with E-state index in [0.29, 0.717) is 28.4 Å². The van der Waals surface area contributed by atoms with Gasteiger partial charge in [0, 0.05) is 33.3 Å². The first-order valence-corrected chi connectivity index (χ1v) is 12.4. The summed E-state index contributed by atoms with van der Waals surface area (Å²) in [5, 5.41) is 10.8. The molecule has 0 bridgehead atoms. The highest BCUT2D eigenvalue weighted by Crippen LogP contribution is 2.32. The second-order valence-corrected chi connectivity index (χ2v) is 9.51. The molecule has 3 amide bonds. The van der Waals surface area contributed by atoms with Crippen LogP contribution in [0.5, 0.6) is 0 Å². The lowest BCUT2D eigenvalue weighted by Gasteiger charge is -2.29. The first-order chi connectivity index (χ1) is 16.5. The van der Waals surface area contributed by atoms with Gasteiger partial charge in [0.25, 0.3) is 5.91 Å². The Morgan fingerprint density at radius 3 is 2.59 bits per heavy atom. The lowest BCUT2D eigenvalue weighted by atomic mass is 10.0. The number of benzene rings is 2. The average molecular weight is 501 g/mol. The maximum absolute atomic E-state index is 14.6. The zero-order valence-corrected chi connectivity index (χ0v) is 20.1. The van der Waals surface area contributed by atoms with Gasteiger partial charge in [-0.1, -0.05) is 29.8 Å². The number of anilines is 1. The van der Waals surface area contributed by atoms with Crippen molar-refractivity contribution in [1.29, 1.82) is 0 Å². The summed E-state index contributed by atoms with van der Waals surface area (Å²) >= 11 is 7.89. The zero-order chi connectivity index (χ0) is 23.9. The standard InChI is InChI=1S/C25H26ClFN4O2S/c26-20-9-4-10-21(27)23(20)22(31-11-1-2-12-31)16-29-25(33)30-18-7-3-6-17(14-18)24(32)28-15-19-8-5-13-34-19/h3-10,13-14,22H,1-2,11-12,15-16H2,(H,28,32)(H2,29,30,33). The summed E-state index contributed by atoms with van der Waals surface area (Å²) < 4.78 is 14.6. The van der Waals surface area contributed by atoms with E-state index in [1.165, 1.54) is 6.07 Å². The highest BCUT2D eigenvalue weighted by Gasteiger charge is 2.28. The molecule has 0 saturated carbocycles. The molecule has 34 heavy (non-hydrogen) atoms. The minimum atomic E-state index is -0.437. The molecule has 0 radical (unpaired) electrons. The summed E-state index contributed by atoms with van der Waals surface area (Å²) in [6.07, 6.45) is 2.05. The van der Waals surface area contributed by atoms with Crippen LogP contribution in [-0.2, 0) is 6.54 Å². The van der Waals surface area contributed by atoms with Crippen LogP contribution in [0.3, 0.4) is 0 Å². The number of carbonyl (C=O) groups excluding carboxylic acids is 2. The van der Waals surface area contributed by atoms with Crippen molar-refractivity contribution in [3.8, 4) is 0 Å². The first kappa shape index (κ1) is 24.2. The number of nitrogens with one attached hydrogen (secondary N) is 3. The Bertz CT molecular complexity index is 1120. The Morgan fingerprint density at radius 2 is 1.85 bits per heavy atom. The van der Waals surface area contributed by atoms with Crippen LogP contribution in [0.15, 0.2) is 60.0 Å². The second kappa shape index (κ2) is 11.5. The molecule has 1 atom stereocenters. The molecule has 4 rings (SSSR count). The summed E-state index contributed by atoms with van der Waals surface area (Å²) in [6.45, 7) is 2.29. The number of halogens is 2. The van der Waals surface area contributed by atoms with Crippen molar-refractivity contribution >= 4 is 40.6 Å². The summed E-state index contributed by atoms with van der Waals surface area (Å²) in [6, 6.07) is 14.4. The molecule has 3 N–H and O–H groups in total. The van der Waals surface area contributed by atoms with Crippen LogP contribution in [0.25, 0.3) is 0 Å². The van der Waals surface area contributed by atoms with E-state index in [9.17, 15) is 14.0 Å². The molecule has 0 aliphatic carbocycles. The SMILES string of the molecule is O=C(NCC(c1c(F)cccc1Cl)N1CCCC1)Nc1cccc(C(=O)NCc2cccs2)c1. The predicted octanol–water partition coefficient (Wildman–Crippen LogP) is 5.43. The number of hydrogen-bond donors (Lipinski definition) is 3. The number of likely N-dealkylation sites (tertiary alicyclic amines) is 1. The van der Waals surface area contributed by atoms with Crippen molar-refractivity contribution < 1.29 is 14.0 Å². The second-order valence-electron chi connectivity index (χ2n) is 8.07. The molecular weight excluding hydrogens is 475 g/mol. The number of rotatable bonds is 8. The fourth-order valence-electron chi connectivity index (χ4n) is 4.08. The number of hydrogen-bond acceptors (Lipinski definition) is 4. The van der Waals surface area contributed by atoms with Crippen LogP contribution in [0.4, 0.5) is 14.9 Å². The van der Waals surface area contributed by atoms with Crippen LogP contribution >= 0.6 is 22.9 Å².